The van der Waals surface area contributed by atoms with Gasteiger partial charge in [0.2, 0.25) is 0 Å². The SMILES string of the molecule is O=C(O)N1CC2(C1)CN(Cc1ncc3ccccc3c1-c1cncnc1)c1ccccc12. The average molecular weight is 423 g/mol. The highest BCUT2D eigenvalue weighted by atomic mass is 16.4. The summed E-state index contributed by atoms with van der Waals surface area (Å²) < 4.78 is 0. The highest BCUT2D eigenvalue weighted by molar-refractivity contribution is 5.97. The largest absolute Gasteiger partial charge is 0.465 e. The summed E-state index contributed by atoms with van der Waals surface area (Å²) in [6, 6.07) is 16.6. The Balaban J connectivity index is 1.42. The first kappa shape index (κ1) is 18.7. The lowest BCUT2D eigenvalue weighted by Crippen LogP contribution is -2.62. The lowest BCUT2D eigenvalue weighted by molar-refractivity contribution is 0.0666. The normalized spacial score (nSPS) is 16.2. The number of aromatic nitrogens is 3. The van der Waals surface area contributed by atoms with Gasteiger partial charge in [0.15, 0.2) is 0 Å². The predicted octanol–water partition coefficient (Wildman–Crippen LogP) is 3.94. The van der Waals surface area contributed by atoms with Crippen LogP contribution in [0.15, 0.2) is 73.4 Å². The van der Waals surface area contributed by atoms with Crippen LogP contribution in [0.3, 0.4) is 0 Å². The number of rotatable bonds is 3. The van der Waals surface area contributed by atoms with Gasteiger partial charge in [-0.25, -0.2) is 14.8 Å². The molecule has 1 saturated heterocycles. The fourth-order valence-electron chi connectivity index (χ4n) is 5.22. The van der Waals surface area contributed by atoms with Gasteiger partial charge in [0.05, 0.1) is 17.7 Å². The molecule has 0 aliphatic carbocycles. The lowest BCUT2D eigenvalue weighted by atomic mass is 9.75. The van der Waals surface area contributed by atoms with E-state index in [1.54, 1.807) is 0 Å². The summed E-state index contributed by atoms with van der Waals surface area (Å²) in [6.45, 7) is 2.46. The van der Waals surface area contributed by atoms with Crippen molar-refractivity contribution in [2.45, 2.75) is 12.0 Å². The Labute approximate surface area is 185 Å². The predicted molar refractivity (Wildman–Crippen MR) is 122 cm³/mol. The van der Waals surface area contributed by atoms with E-state index < -0.39 is 6.09 Å². The third kappa shape index (κ3) is 2.81. The van der Waals surface area contributed by atoms with E-state index >= 15 is 0 Å². The number of carbonyl (C=O) groups is 1. The van der Waals surface area contributed by atoms with Crippen LogP contribution >= 0.6 is 0 Å². The number of benzene rings is 2. The first-order valence-corrected chi connectivity index (χ1v) is 10.6. The Morgan fingerprint density at radius 1 is 0.969 bits per heavy atom. The number of hydrogen-bond acceptors (Lipinski definition) is 5. The number of nitrogens with zero attached hydrogens (tertiary/aromatic N) is 5. The van der Waals surface area contributed by atoms with Gasteiger partial charge in [-0.1, -0.05) is 42.5 Å². The smallest absolute Gasteiger partial charge is 0.407 e. The maximum atomic E-state index is 11.4. The second-order valence-electron chi connectivity index (χ2n) is 8.59. The van der Waals surface area contributed by atoms with Gasteiger partial charge in [-0.3, -0.25) is 4.98 Å². The fraction of sp³-hybridized carbons (Fsp3) is 0.200. The molecular weight excluding hydrogens is 402 g/mol. The Kier molecular flexibility index (Phi) is 4.11. The molecule has 0 radical (unpaired) electrons. The van der Waals surface area contributed by atoms with Crippen LogP contribution in [0.4, 0.5) is 10.5 Å². The summed E-state index contributed by atoms with van der Waals surface area (Å²) in [5.41, 5.74) is 5.17. The number of likely N-dealkylation sites (tertiary alicyclic amines) is 1. The molecule has 1 amide bonds. The van der Waals surface area contributed by atoms with E-state index in [-0.39, 0.29) is 5.41 Å². The van der Waals surface area contributed by atoms with E-state index in [0.29, 0.717) is 19.6 Å². The van der Waals surface area contributed by atoms with Crippen molar-refractivity contribution in [1.82, 2.24) is 19.9 Å². The Hall–Kier alpha value is -4.00. The molecule has 4 aromatic rings. The molecule has 158 valence electrons. The van der Waals surface area contributed by atoms with Crippen molar-refractivity contribution in [3.8, 4) is 11.1 Å². The molecule has 7 nitrogen and oxygen atoms in total. The monoisotopic (exact) mass is 423 g/mol. The molecule has 7 heteroatoms. The van der Waals surface area contributed by atoms with E-state index in [2.05, 4.69) is 39.1 Å². The van der Waals surface area contributed by atoms with Gasteiger partial charge in [-0.05, 0) is 17.0 Å². The average Bonchev–Trinajstić information content (AvgIpc) is 3.13. The summed E-state index contributed by atoms with van der Waals surface area (Å²) in [4.78, 5) is 28.6. The molecule has 1 spiro atoms. The van der Waals surface area contributed by atoms with Gasteiger partial charge in [-0.15, -0.1) is 0 Å². The molecule has 6 rings (SSSR count). The summed E-state index contributed by atoms with van der Waals surface area (Å²) in [5, 5.41) is 11.6. The van der Waals surface area contributed by atoms with E-state index in [1.165, 1.54) is 16.8 Å². The summed E-state index contributed by atoms with van der Waals surface area (Å²) in [6.07, 6.45) is 6.26. The molecule has 2 aliphatic rings. The van der Waals surface area contributed by atoms with Crippen LogP contribution in [-0.4, -0.2) is 50.7 Å². The maximum absolute atomic E-state index is 11.4. The zero-order valence-electron chi connectivity index (χ0n) is 17.3. The third-order valence-electron chi connectivity index (χ3n) is 6.64. The zero-order valence-corrected chi connectivity index (χ0v) is 17.3. The molecule has 1 fully saturated rings. The maximum Gasteiger partial charge on any atom is 0.407 e. The summed E-state index contributed by atoms with van der Waals surface area (Å²) >= 11 is 0. The lowest BCUT2D eigenvalue weighted by Gasteiger charge is -2.47. The molecule has 1 N–H and O–H groups in total. The van der Waals surface area contributed by atoms with Crippen molar-refractivity contribution < 1.29 is 9.90 Å². The third-order valence-corrected chi connectivity index (χ3v) is 6.64. The van der Waals surface area contributed by atoms with Crippen LogP contribution in [0.2, 0.25) is 0 Å². The second kappa shape index (κ2) is 7.02. The fourth-order valence-corrected chi connectivity index (χ4v) is 5.22. The number of amides is 1. The summed E-state index contributed by atoms with van der Waals surface area (Å²) in [7, 11) is 0. The first-order valence-electron chi connectivity index (χ1n) is 10.6. The molecule has 32 heavy (non-hydrogen) atoms. The van der Waals surface area contributed by atoms with Crippen LogP contribution in [0.1, 0.15) is 11.3 Å². The minimum Gasteiger partial charge on any atom is -0.465 e. The second-order valence-corrected chi connectivity index (χ2v) is 8.59. The highest BCUT2D eigenvalue weighted by Crippen LogP contribution is 2.47. The highest BCUT2D eigenvalue weighted by Gasteiger charge is 2.52. The number of pyridine rings is 1. The molecule has 0 unspecified atom stereocenters. The molecule has 0 bridgehead atoms. The molecule has 2 aromatic carbocycles. The van der Waals surface area contributed by atoms with Crippen molar-refractivity contribution >= 4 is 22.6 Å². The van der Waals surface area contributed by atoms with Gasteiger partial charge in [0, 0.05) is 60.4 Å². The van der Waals surface area contributed by atoms with Crippen LogP contribution in [-0.2, 0) is 12.0 Å². The minimum atomic E-state index is -0.853. The standard InChI is InChI=1S/C25H21N5O2/c31-24(32)30-14-25(15-30)13-29(22-8-4-3-7-20(22)25)12-21-23(18-9-26-16-27-10-18)19-6-2-1-5-17(19)11-28-21/h1-11,16H,12-15H2,(H,31,32). The zero-order chi connectivity index (χ0) is 21.7. The van der Waals surface area contributed by atoms with Gasteiger partial charge < -0.3 is 14.9 Å². The Morgan fingerprint density at radius 3 is 2.53 bits per heavy atom. The first-order chi connectivity index (χ1) is 15.6. The van der Waals surface area contributed by atoms with E-state index in [4.69, 9.17) is 4.98 Å². The van der Waals surface area contributed by atoms with Crippen molar-refractivity contribution in [2.24, 2.45) is 0 Å². The minimum absolute atomic E-state index is 0.151. The van der Waals surface area contributed by atoms with Gasteiger partial charge >= 0.3 is 6.09 Å². The number of para-hydroxylation sites is 1. The number of carboxylic acid groups (broad SMARTS) is 1. The van der Waals surface area contributed by atoms with E-state index in [1.807, 2.05) is 42.9 Å². The molecular formula is C25H21N5O2. The quantitative estimate of drug-likeness (QED) is 0.537. The molecule has 0 saturated carbocycles. The summed E-state index contributed by atoms with van der Waals surface area (Å²) in [5.74, 6) is 0. The van der Waals surface area contributed by atoms with Crippen LogP contribution in [0.5, 0.6) is 0 Å². The van der Waals surface area contributed by atoms with E-state index in [0.717, 1.165) is 39.8 Å². The Bertz CT molecular complexity index is 1330. The molecule has 2 aromatic heterocycles. The van der Waals surface area contributed by atoms with Crippen LogP contribution in [0, 0.1) is 0 Å². The van der Waals surface area contributed by atoms with Crippen molar-refractivity contribution in [1.29, 1.82) is 0 Å². The van der Waals surface area contributed by atoms with Crippen LogP contribution in [0.25, 0.3) is 21.9 Å². The van der Waals surface area contributed by atoms with Gasteiger partial charge in [-0.2, -0.15) is 0 Å². The Morgan fingerprint density at radius 2 is 1.72 bits per heavy atom. The topological polar surface area (TPSA) is 82.5 Å². The van der Waals surface area contributed by atoms with E-state index in [9.17, 15) is 9.90 Å². The van der Waals surface area contributed by atoms with Gasteiger partial charge in [0.1, 0.15) is 6.33 Å². The number of fused-ring (bicyclic) bond motifs is 3. The number of anilines is 1. The van der Waals surface area contributed by atoms with Crippen LogP contribution < -0.4 is 4.90 Å². The molecule has 2 aliphatic heterocycles. The van der Waals surface area contributed by atoms with Crippen molar-refractivity contribution in [3.05, 3.63) is 84.7 Å². The van der Waals surface area contributed by atoms with Crippen molar-refractivity contribution in [2.75, 3.05) is 24.5 Å². The number of hydrogen-bond donors (Lipinski definition) is 1. The van der Waals surface area contributed by atoms with Gasteiger partial charge in [0.25, 0.3) is 0 Å². The molecule has 4 heterocycles. The van der Waals surface area contributed by atoms with Crippen molar-refractivity contribution in [3.63, 3.8) is 0 Å². The molecule has 0 atom stereocenters.